The Morgan fingerprint density at radius 1 is 1.30 bits per heavy atom. The second-order valence-corrected chi connectivity index (χ2v) is 5.27. The summed E-state index contributed by atoms with van der Waals surface area (Å²) in [6, 6.07) is -0.996. The number of aliphatic carboxylic acids is 1. The zero-order valence-corrected chi connectivity index (χ0v) is 13.2. The van der Waals surface area contributed by atoms with E-state index in [-0.39, 0.29) is 17.7 Å². The second kappa shape index (κ2) is 5.71. The smallest absolute Gasteiger partial charge is 0.332 e. The van der Waals surface area contributed by atoms with Crippen molar-refractivity contribution in [1.82, 2.24) is 23.6 Å². The van der Waals surface area contributed by atoms with Gasteiger partial charge in [0.15, 0.2) is 11.2 Å². The number of hydrogen-bond donors (Lipinski definition) is 1. The maximum Gasteiger partial charge on any atom is 0.332 e. The number of amides is 1. The molecule has 0 aromatic carbocycles. The van der Waals surface area contributed by atoms with Crippen LogP contribution >= 0.6 is 0 Å². The van der Waals surface area contributed by atoms with Gasteiger partial charge in [-0.05, 0) is 6.92 Å². The number of fused-ring (bicyclic) bond motifs is 1. The Balaban J connectivity index is 2.47. The number of aromatic nitrogens is 4. The molecule has 2 aromatic heterocycles. The van der Waals surface area contributed by atoms with Gasteiger partial charge < -0.3 is 14.6 Å². The molecule has 1 amide bonds. The molecule has 0 aliphatic rings. The normalized spacial score (nSPS) is 12.3. The van der Waals surface area contributed by atoms with Crippen molar-refractivity contribution in [3.05, 3.63) is 27.2 Å². The lowest BCUT2D eigenvalue weighted by Gasteiger charge is -2.21. The van der Waals surface area contributed by atoms with Crippen LogP contribution in [-0.2, 0) is 30.2 Å². The van der Waals surface area contributed by atoms with Gasteiger partial charge in [0.2, 0.25) is 5.91 Å². The first-order chi connectivity index (χ1) is 10.7. The average molecular weight is 323 g/mol. The van der Waals surface area contributed by atoms with E-state index in [1.54, 1.807) is 0 Å². The topological polar surface area (TPSA) is 119 Å². The molecular formula is C13H17N5O5. The Labute approximate surface area is 130 Å². The van der Waals surface area contributed by atoms with E-state index in [1.165, 1.54) is 43.5 Å². The quantitative estimate of drug-likeness (QED) is 0.721. The Morgan fingerprint density at radius 2 is 1.91 bits per heavy atom. The van der Waals surface area contributed by atoms with Crippen molar-refractivity contribution in [3.8, 4) is 0 Å². The molecule has 0 saturated carbocycles. The van der Waals surface area contributed by atoms with Gasteiger partial charge in [-0.15, -0.1) is 0 Å². The Bertz CT molecular complexity index is 906. The van der Waals surface area contributed by atoms with Gasteiger partial charge in [0.1, 0.15) is 12.6 Å². The summed E-state index contributed by atoms with van der Waals surface area (Å²) >= 11 is 0. The number of rotatable bonds is 4. The van der Waals surface area contributed by atoms with E-state index < -0.39 is 29.2 Å². The van der Waals surface area contributed by atoms with Crippen molar-refractivity contribution in [1.29, 1.82) is 0 Å². The molecule has 0 radical (unpaired) electrons. The molecule has 10 nitrogen and oxygen atoms in total. The second-order valence-electron chi connectivity index (χ2n) is 5.27. The molecule has 10 heteroatoms. The van der Waals surface area contributed by atoms with E-state index in [4.69, 9.17) is 5.11 Å². The van der Waals surface area contributed by atoms with Gasteiger partial charge in [-0.2, -0.15) is 0 Å². The van der Waals surface area contributed by atoms with Crippen molar-refractivity contribution >= 4 is 23.0 Å². The minimum absolute atomic E-state index is 0.110. The molecule has 1 unspecified atom stereocenters. The van der Waals surface area contributed by atoms with Gasteiger partial charge in [0.05, 0.1) is 6.33 Å². The molecule has 0 bridgehead atoms. The highest BCUT2D eigenvalue weighted by molar-refractivity contribution is 5.84. The molecule has 2 aromatic rings. The first-order valence-corrected chi connectivity index (χ1v) is 6.76. The molecule has 2 heterocycles. The van der Waals surface area contributed by atoms with Crippen molar-refractivity contribution in [2.24, 2.45) is 14.1 Å². The van der Waals surface area contributed by atoms with Crippen molar-refractivity contribution in [3.63, 3.8) is 0 Å². The first kappa shape index (κ1) is 16.5. The zero-order valence-electron chi connectivity index (χ0n) is 13.2. The van der Waals surface area contributed by atoms with Crippen LogP contribution in [0.25, 0.3) is 11.2 Å². The van der Waals surface area contributed by atoms with Crippen LogP contribution in [0.5, 0.6) is 0 Å². The van der Waals surface area contributed by atoms with Crippen molar-refractivity contribution in [2.45, 2.75) is 19.5 Å². The molecule has 1 N–H and O–H groups in total. The largest absolute Gasteiger partial charge is 0.480 e. The summed E-state index contributed by atoms with van der Waals surface area (Å²) < 4.78 is 3.44. The standard InChI is InChI=1S/C13H17N5O5/c1-7(12(21)22)15(2)8(19)5-18-6-14-10-9(18)11(20)17(4)13(23)16(10)3/h6-7H,5H2,1-4H3,(H,21,22). The third-order valence-corrected chi connectivity index (χ3v) is 3.85. The SMILES string of the molecule is CC(C(=O)O)N(C)C(=O)Cn1cnc2c1c(=O)n(C)c(=O)n2C. The molecule has 124 valence electrons. The maximum absolute atomic E-state index is 12.2. The van der Waals surface area contributed by atoms with Gasteiger partial charge in [-0.1, -0.05) is 0 Å². The molecule has 1 atom stereocenters. The molecular weight excluding hydrogens is 306 g/mol. The van der Waals surface area contributed by atoms with Gasteiger partial charge in [0, 0.05) is 21.1 Å². The summed E-state index contributed by atoms with van der Waals surface area (Å²) in [5, 5.41) is 8.94. The van der Waals surface area contributed by atoms with Crippen molar-refractivity contribution in [2.75, 3.05) is 7.05 Å². The third kappa shape index (κ3) is 2.62. The van der Waals surface area contributed by atoms with Crippen LogP contribution in [0.2, 0.25) is 0 Å². The van der Waals surface area contributed by atoms with Crippen LogP contribution in [0.3, 0.4) is 0 Å². The van der Waals surface area contributed by atoms with E-state index in [0.717, 1.165) is 9.47 Å². The van der Waals surface area contributed by atoms with E-state index in [9.17, 15) is 19.2 Å². The highest BCUT2D eigenvalue weighted by atomic mass is 16.4. The minimum Gasteiger partial charge on any atom is -0.480 e. The van der Waals surface area contributed by atoms with E-state index in [1.807, 2.05) is 0 Å². The number of imidazole rings is 1. The zero-order chi connectivity index (χ0) is 17.5. The van der Waals surface area contributed by atoms with Gasteiger partial charge in [-0.3, -0.25) is 18.7 Å². The minimum atomic E-state index is -1.13. The van der Waals surface area contributed by atoms with E-state index >= 15 is 0 Å². The summed E-state index contributed by atoms with van der Waals surface area (Å²) in [6.45, 7) is 1.13. The van der Waals surface area contributed by atoms with Crippen LogP contribution in [0, 0.1) is 0 Å². The number of carbonyl (C=O) groups is 2. The highest BCUT2D eigenvalue weighted by Gasteiger charge is 2.23. The lowest BCUT2D eigenvalue weighted by atomic mass is 10.3. The van der Waals surface area contributed by atoms with Crippen LogP contribution in [0.1, 0.15) is 6.92 Å². The summed E-state index contributed by atoms with van der Waals surface area (Å²) in [5.41, 5.74) is -0.808. The van der Waals surface area contributed by atoms with Crippen LogP contribution in [-0.4, -0.2) is 53.7 Å². The predicted octanol–water partition coefficient (Wildman–Crippen LogP) is -1.63. The van der Waals surface area contributed by atoms with Gasteiger partial charge >= 0.3 is 11.7 Å². The fourth-order valence-corrected chi connectivity index (χ4v) is 2.16. The number of carbonyl (C=O) groups excluding carboxylic acids is 1. The Hall–Kier alpha value is -2.91. The number of carboxylic acid groups (broad SMARTS) is 1. The number of nitrogens with zero attached hydrogens (tertiary/aromatic N) is 5. The number of hydrogen-bond acceptors (Lipinski definition) is 5. The predicted molar refractivity (Wildman–Crippen MR) is 80.1 cm³/mol. The molecule has 0 fully saturated rings. The molecule has 2 rings (SSSR count). The molecule has 0 saturated heterocycles. The summed E-state index contributed by atoms with van der Waals surface area (Å²) in [6.07, 6.45) is 1.28. The van der Waals surface area contributed by atoms with Gasteiger partial charge in [-0.25, -0.2) is 14.6 Å². The maximum atomic E-state index is 12.2. The molecule has 23 heavy (non-hydrogen) atoms. The fourth-order valence-electron chi connectivity index (χ4n) is 2.16. The van der Waals surface area contributed by atoms with Crippen molar-refractivity contribution < 1.29 is 14.7 Å². The Morgan fingerprint density at radius 3 is 2.48 bits per heavy atom. The first-order valence-electron chi connectivity index (χ1n) is 6.76. The van der Waals surface area contributed by atoms with Crippen LogP contribution < -0.4 is 11.2 Å². The lowest BCUT2D eigenvalue weighted by Crippen LogP contribution is -2.42. The number of carboxylic acids is 1. The number of aryl methyl sites for hydroxylation is 1. The van der Waals surface area contributed by atoms with Gasteiger partial charge in [0.25, 0.3) is 5.56 Å². The fraction of sp³-hybridized carbons (Fsp3) is 0.462. The molecule has 0 aliphatic carbocycles. The van der Waals surface area contributed by atoms with Crippen LogP contribution in [0.4, 0.5) is 0 Å². The third-order valence-electron chi connectivity index (χ3n) is 3.85. The van der Waals surface area contributed by atoms with Crippen LogP contribution in [0.15, 0.2) is 15.9 Å². The summed E-state index contributed by atoms with van der Waals surface area (Å²) in [4.78, 5) is 52.3. The lowest BCUT2D eigenvalue weighted by molar-refractivity contribution is -0.148. The Kier molecular flexibility index (Phi) is 4.08. The summed E-state index contributed by atoms with van der Waals surface area (Å²) in [7, 11) is 4.18. The number of likely N-dealkylation sites (N-methyl/N-ethyl adjacent to an activating group) is 1. The molecule has 0 spiro atoms. The van der Waals surface area contributed by atoms with E-state index in [0.29, 0.717) is 0 Å². The molecule has 0 aliphatic heterocycles. The van der Waals surface area contributed by atoms with E-state index in [2.05, 4.69) is 4.98 Å². The average Bonchev–Trinajstić information content (AvgIpc) is 2.92. The summed E-state index contributed by atoms with van der Waals surface area (Å²) in [5.74, 6) is -1.62. The monoisotopic (exact) mass is 323 g/mol. The highest BCUT2D eigenvalue weighted by Crippen LogP contribution is 2.07.